The quantitative estimate of drug-likeness (QED) is 0.357. The van der Waals surface area contributed by atoms with Crippen LogP contribution in [0.5, 0.6) is 0 Å². The Kier molecular flexibility index (Phi) is 2.31. The van der Waals surface area contributed by atoms with Crippen LogP contribution >= 0.6 is 0 Å². The molecule has 0 saturated heterocycles. The summed E-state index contributed by atoms with van der Waals surface area (Å²) in [6.07, 6.45) is 0. The van der Waals surface area contributed by atoms with Crippen LogP contribution in [0.15, 0.2) is 0 Å². The first kappa shape index (κ1) is 5.36. The summed E-state index contributed by atoms with van der Waals surface area (Å²) in [5.41, 5.74) is 4.79. The molecule has 0 bridgehead atoms. The summed E-state index contributed by atoms with van der Waals surface area (Å²) in [6.45, 7) is 0.00694. The second-order valence-corrected chi connectivity index (χ2v) is 0.845. The van der Waals surface area contributed by atoms with Gasteiger partial charge in [-0.1, -0.05) is 0 Å². The minimum atomic E-state index is -0.444. The fourth-order valence-electron chi connectivity index (χ4n) is 0.105. The van der Waals surface area contributed by atoms with E-state index in [0.29, 0.717) is 0 Å². The van der Waals surface area contributed by atoms with E-state index in [0.717, 1.165) is 0 Å². The Balaban J connectivity index is 2.83. The second kappa shape index (κ2) is 2.59. The van der Waals surface area contributed by atoms with Gasteiger partial charge in [-0.3, -0.25) is 10.1 Å². The first-order valence-corrected chi connectivity index (χ1v) is 1.59. The highest BCUT2D eigenvalue weighted by molar-refractivity contribution is 4.23. The Labute approximate surface area is 35.1 Å². The third kappa shape index (κ3) is 3.36. The fraction of sp³-hybridized carbons (Fsp3) is 1.00. The Morgan fingerprint density at radius 3 is 2.33 bits per heavy atom. The molecule has 0 spiro atoms. The van der Waals surface area contributed by atoms with Crippen LogP contribution in [0.1, 0.15) is 0 Å². The van der Waals surface area contributed by atoms with Crippen molar-refractivity contribution in [1.82, 2.24) is 0 Å². The van der Waals surface area contributed by atoms with Crippen LogP contribution < -0.4 is 5.73 Å². The summed E-state index contributed by atoms with van der Waals surface area (Å²) in [4.78, 5) is 8.88. The zero-order chi connectivity index (χ0) is 4.99. The van der Waals surface area contributed by atoms with E-state index in [1.54, 1.807) is 0 Å². The number of hydrogen-bond donors (Lipinski definition) is 1. The maximum absolute atomic E-state index is 9.32. The Bertz CT molecular complexity index is 53.5. The molecule has 36 valence electrons. The van der Waals surface area contributed by atoms with Gasteiger partial charge in [-0.25, -0.2) is 0 Å². The third-order valence-electron chi connectivity index (χ3n) is 0.312. The zero-order valence-electron chi connectivity index (χ0n) is 3.26. The molecular weight excluding hydrogens is 84.0 g/mol. The van der Waals surface area contributed by atoms with Crippen molar-refractivity contribution in [2.45, 2.75) is 0 Å². The largest absolute Gasteiger partial charge is 0.325 e. The van der Waals surface area contributed by atoms with E-state index >= 15 is 0 Å². The van der Waals surface area contributed by atoms with Crippen LogP contribution in [0.3, 0.4) is 0 Å². The molecule has 0 aliphatic carbocycles. The van der Waals surface area contributed by atoms with Crippen molar-refractivity contribution in [3.8, 4) is 0 Å². The number of nitrogens with two attached hydrogens (primary N) is 1. The molecule has 0 heterocycles. The van der Waals surface area contributed by atoms with Gasteiger partial charge in [0.15, 0.2) is 0 Å². The summed E-state index contributed by atoms with van der Waals surface area (Å²) >= 11 is 0. The van der Waals surface area contributed by atoms with Gasteiger partial charge < -0.3 is 5.73 Å². The molecule has 0 unspecified atom stereocenters. The van der Waals surface area contributed by atoms with E-state index in [1.807, 2.05) is 0 Å². The van der Waals surface area contributed by atoms with Crippen LogP contribution in [0, 0.1) is 10.1 Å². The zero-order valence-corrected chi connectivity index (χ0v) is 3.26. The molecule has 0 atom stereocenters. The van der Waals surface area contributed by atoms with Crippen LogP contribution in [-0.4, -0.2) is 18.0 Å². The van der Waals surface area contributed by atoms with Crippen LogP contribution in [0.25, 0.3) is 0 Å². The lowest BCUT2D eigenvalue weighted by Crippen LogP contribution is -2.12. The normalized spacial score (nSPS) is 8.17. The number of nitrogens with zero attached hydrogens (tertiary/aromatic N) is 1. The smallest absolute Gasteiger partial charge is 0.215 e. The van der Waals surface area contributed by atoms with Crippen molar-refractivity contribution in [2.24, 2.45) is 5.73 Å². The summed E-state index contributed by atoms with van der Waals surface area (Å²) in [6, 6.07) is 0. The Hall–Kier alpha value is -0.640. The number of hydrogen-bond acceptors (Lipinski definition) is 3. The van der Waals surface area contributed by atoms with Crippen molar-refractivity contribution >= 4 is 0 Å². The first-order valence-electron chi connectivity index (χ1n) is 1.59. The molecule has 0 aliphatic heterocycles. The van der Waals surface area contributed by atoms with E-state index < -0.39 is 4.92 Å². The Morgan fingerprint density at radius 2 is 2.33 bits per heavy atom. The number of nitro groups is 1. The van der Waals surface area contributed by atoms with Gasteiger partial charge in [0.1, 0.15) is 0 Å². The van der Waals surface area contributed by atoms with Gasteiger partial charge in [-0.2, -0.15) is 0 Å². The lowest BCUT2D eigenvalue weighted by molar-refractivity contribution is -0.477. The van der Waals surface area contributed by atoms with Gasteiger partial charge in [0.2, 0.25) is 6.54 Å². The van der Waals surface area contributed by atoms with Crippen molar-refractivity contribution < 1.29 is 4.92 Å². The molecule has 0 aliphatic rings. The van der Waals surface area contributed by atoms with Crippen LogP contribution in [0.2, 0.25) is 0 Å². The predicted molar refractivity (Wildman–Crippen MR) is 20.9 cm³/mol. The standard InChI is InChI=1S/C2H6N2O2/c3-1-2-4(5)6/h1-3H2. The molecule has 2 N–H and O–H groups in total. The highest BCUT2D eigenvalue weighted by atomic mass is 16.6. The predicted octanol–water partition coefficient (Wildman–Crippen LogP) is -0.778. The average molecular weight is 90.1 g/mol. The lowest BCUT2D eigenvalue weighted by Gasteiger charge is -1.80. The molecule has 0 rings (SSSR count). The van der Waals surface area contributed by atoms with Gasteiger partial charge >= 0.3 is 0 Å². The van der Waals surface area contributed by atoms with Crippen molar-refractivity contribution in [3.05, 3.63) is 10.1 Å². The highest BCUT2D eigenvalue weighted by Crippen LogP contribution is 1.58. The molecule has 0 aromatic carbocycles. The maximum atomic E-state index is 9.32. The van der Waals surface area contributed by atoms with Crippen molar-refractivity contribution in [3.63, 3.8) is 0 Å². The van der Waals surface area contributed by atoms with Gasteiger partial charge in [0, 0.05) is 4.92 Å². The highest BCUT2D eigenvalue weighted by Gasteiger charge is 1.86. The molecule has 0 radical (unpaired) electrons. The minimum Gasteiger partial charge on any atom is -0.325 e. The van der Waals surface area contributed by atoms with E-state index in [4.69, 9.17) is 5.73 Å². The second-order valence-electron chi connectivity index (χ2n) is 0.845. The molecule has 0 aromatic heterocycles. The minimum absolute atomic E-state index is 0.125. The molecule has 0 aromatic rings. The van der Waals surface area contributed by atoms with Crippen molar-refractivity contribution in [2.75, 3.05) is 13.1 Å². The molecule has 0 saturated carbocycles. The van der Waals surface area contributed by atoms with E-state index in [2.05, 4.69) is 0 Å². The summed E-state index contributed by atoms with van der Waals surface area (Å²) < 4.78 is 0. The van der Waals surface area contributed by atoms with Gasteiger partial charge in [-0.15, -0.1) is 0 Å². The summed E-state index contributed by atoms with van der Waals surface area (Å²) in [5.74, 6) is 0. The molecule has 0 amide bonds. The topological polar surface area (TPSA) is 69.2 Å². The monoisotopic (exact) mass is 90.0 g/mol. The van der Waals surface area contributed by atoms with Gasteiger partial charge in [0.25, 0.3) is 0 Å². The van der Waals surface area contributed by atoms with Gasteiger partial charge in [0.05, 0.1) is 6.54 Å². The first-order chi connectivity index (χ1) is 2.77. The van der Waals surface area contributed by atoms with E-state index in [-0.39, 0.29) is 13.1 Å². The third-order valence-corrected chi connectivity index (χ3v) is 0.312. The molecule has 4 nitrogen and oxygen atoms in total. The SMILES string of the molecule is NCC[N+](=O)[O-]. The lowest BCUT2D eigenvalue weighted by atomic mass is 10.7. The van der Waals surface area contributed by atoms with Crippen LogP contribution in [-0.2, 0) is 0 Å². The van der Waals surface area contributed by atoms with E-state index in [9.17, 15) is 10.1 Å². The van der Waals surface area contributed by atoms with Gasteiger partial charge in [-0.05, 0) is 0 Å². The Morgan fingerprint density at radius 1 is 1.83 bits per heavy atom. The van der Waals surface area contributed by atoms with E-state index in [1.165, 1.54) is 0 Å². The summed E-state index contributed by atoms with van der Waals surface area (Å²) in [5, 5.41) is 9.32. The molecular formula is C2H6N2O2. The molecule has 6 heavy (non-hydrogen) atoms. The average Bonchev–Trinajstić information content (AvgIpc) is 1.35. The summed E-state index contributed by atoms with van der Waals surface area (Å²) in [7, 11) is 0. The number of rotatable bonds is 2. The molecule has 0 fully saturated rings. The molecule has 4 heteroatoms. The maximum Gasteiger partial charge on any atom is 0.215 e. The van der Waals surface area contributed by atoms with Crippen LogP contribution in [0.4, 0.5) is 0 Å². The fourth-order valence-corrected chi connectivity index (χ4v) is 0.105. The van der Waals surface area contributed by atoms with Crippen molar-refractivity contribution in [1.29, 1.82) is 0 Å².